The van der Waals surface area contributed by atoms with Crippen LogP contribution in [0.15, 0.2) is 16.6 Å². The summed E-state index contributed by atoms with van der Waals surface area (Å²) in [6.45, 7) is 6.17. The molecule has 1 aliphatic rings. The highest BCUT2D eigenvalue weighted by atomic mass is 79.9. The van der Waals surface area contributed by atoms with Gasteiger partial charge in [0.2, 0.25) is 0 Å². The summed E-state index contributed by atoms with van der Waals surface area (Å²) in [6, 6.07) is 3.93. The maximum Gasteiger partial charge on any atom is 0.162 e. The predicted molar refractivity (Wildman–Crippen MR) is 72.8 cm³/mol. The van der Waals surface area contributed by atoms with Crippen LogP contribution in [0.2, 0.25) is 0 Å². The predicted octanol–water partition coefficient (Wildman–Crippen LogP) is 2.90. The van der Waals surface area contributed by atoms with Crippen molar-refractivity contribution in [2.75, 3.05) is 20.3 Å². The molecule has 1 aromatic carbocycles. The van der Waals surface area contributed by atoms with E-state index in [4.69, 9.17) is 14.3 Å². The van der Waals surface area contributed by atoms with Gasteiger partial charge in [0.1, 0.15) is 0 Å². The summed E-state index contributed by atoms with van der Waals surface area (Å²) in [7, 11) is 1.60. The summed E-state index contributed by atoms with van der Waals surface area (Å²) in [5.74, 6) is 1.57. The molecule has 0 aliphatic carbocycles. The van der Waals surface area contributed by atoms with Crippen molar-refractivity contribution < 1.29 is 14.3 Å². The lowest BCUT2D eigenvalue weighted by Crippen LogP contribution is -2.26. The summed E-state index contributed by atoms with van der Waals surface area (Å²) < 4.78 is 12.6. The molecule has 18 heavy (non-hydrogen) atoms. The van der Waals surface area contributed by atoms with Gasteiger partial charge in [-0.3, -0.25) is 0 Å². The van der Waals surface area contributed by atoms with E-state index in [1.54, 1.807) is 7.11 Å². The van der Waals surface area contributed by atoms with Crippen LogP contribution in [0.3, 0.4) is 0 Å². The van der Waals surface area contributed by atoms with Gasteiger partial charge in [0, 0.05) is 16.4 Å². The molecule has 1 N–H and O–H groups in total. The van der Waals surface area contributed by atoms with Crippen molar-refractivity contribution in [1.29, 1.82) is 0 Å². The molecule has 0 saturated carbocycles. The Labute approximate surface area is 116 Å². The molecule has 0 spiro atoms. The third kappa shape index (κ3) is 3.16. The first kappa shape index (κ1) is 13.6. The average Bonchev–Trinajstić information content (AvgIpc) is 2.46. The molecule has 4 nitrogen and oxygen atoms in total. The number of benzene rings is 1. The zero-order valence-electron chi connectivity index (χ0n) is 10.9. The van der Waals surface area contributed by atoms with Crippen LogP contribution in [-0.2, 0) is 11.4 Å². The number of hydrogen-bond donors (Lipinski definition) is 1. The Kier molecular flexibility index (Phi) is 4.14. The molecule has 5 heteroatoms. The van der Waals surface area contributed by atoms with Crippen LogP contribution >= 0.6 is 15.9 Å². The van der Waals surface area contributed by atoms with E-state index in [1.165, 1.54) is 0 Å². The molecule has 0 fully saturated rings. The molecular formula is C13H18BrNO3. The molecule has 0 amide bonds. The number of hydroxylamine groups is 1. The number of ether oxygens (including phenoxy) is 2. The van der Waals surface area contributed by atoms with E-state index in [-0.39, 0.29) is 5.41 Å². The number of nitrogens with one attached hydrogen (secondary N) is 1. The Morgan fingerprint density at radius 1 is 1.28 bits per heavy atom. The minimum Gasteiger partial charge on any atom is -0.489 e. The van der Waals surface area contributed by atoms with Gasteiger partial charge in [-0.25, -0.2) is 0 Å². The van der Waals surface area contributed by atoms with Gasteiger partial charge in [-0.2, -0.15) is 5.48 Å². The molecule has 0 aromatic heterocycles. The van der Waals surface area contributed by atoms with E-state index in [9.17, 15) is 0 Å². The second kappa shape index (κ2) is 5.47. The van der Waals surface area contributed by atoms with Crippen LogP contribution in [0.5, 0.6) is 11.5 Å². The summed E-state index contributed by atoms with van der Waals surface area (Å²) in [6.07, 6.45) is 0. The van der Waals surface area contributed by atoms with Crippen LogP contribution in [-0.4, -0.2) is 20.3 Å². The van der Waals surface area contributed by atoms with E-state index in [2.05, 4.69) is 35.3 Å². The molecule has 0 saturated heterocycles. The third-order valence-electron chi connectivity index (χ3n) is 2.76. The molecule has 0 bridgehead atoms. The van der Waals surface area contributed by atoms with Gasteiger partial charge < -0.3 is 14.3 Å². The van der Waals surface area contributed by atoms with Crippen LogP contribution in [0.25, 0.3) is 0 Å². The van der Waals surface area contributed by atoms with E-state index in [0.717, 1.165) is 21.5 Å². The lowest BCUT2D eigenvalue weighted by Gasteiger charge is -2.19. The quantitative estimate of drug-likeness (QED) is 0.871. The first-order valence-electron chi connectivity index (χ1n) is 5.86. The van der Waals surface area contributed by atoms with Gasteiger partial charge in [-0.05, 0) is 17.7 Å². The minimum atomic E-state index is 0.0242. The fraction of sp³-hybridized carbons (Fsp3) is 0.538. The van der Waals surface area contributed by atoms with Crippen molar-refractivity contribution in [3.05, 3.63) is 22.2 Å². The fourth-order valence-corrected chi connectivity index (χ4v) is 2.14. The molecule has 0 unspecified atom stereocenters. The summed E-state index contributed by atoms with van der Waals surface area (Å²) >= 11 is 3.53. The highest BCUT2D eigenvalue weighted by molar-refractivity contribution is 9.10. The van der Waals surface area contributed by atoms with Crippen LogP contribution in [0, 0.1) is 5.41 Å². The van der Waals surface area contributed by atoms with Gasteiger partial charge in [-0.1, -0.05) is 29.8 Å². The monoisotopic (exact) mass is 315 g/mol. The van der Waals surface area contributed by atoms with Crippen LogP contribution in [0.4, 0.5) is 0 Å². The first-order valence-corrected chi connectivity index (χ1v) is 6.65. The molecule has 2 rings (SSSR count). The van der Waals surface area contributed by atoms with E-state index >= 15 is 0 Å². The number of halogens is 1. The SMILES string of the molecule is CONCc1cc2c(cc1Br)OCC(C)(C)CO2. The Morgan fingerprint density at radius 3 is 2.50 bits per heavy atom. The smallest absolute Gasteiger partial charge is 0.162 e. The van der Waals surface area contributed by atoms with Crippen molar-refractivity contribution >= 4 is 15.9 Å². The summed E-state index contributed by atoms with van der Waals surface area (Å²) in [5.41, 5.74) is 3.91. The van der Waals surface area contributed by atoms with Gasteiger partial charge >= 0.3 is 0 Å². The number of fused-ring (bicyclic) bond motifs is 1. The lowest BCUT2D eigenvalue weighted by molar-refractivity contribution is 0.0865. The summed E-state index contributed by atoms with van der Waals surface area (Å²) in [5, 5.41) is 0. The van der Waals surface area contributed by atoms with Crippen molar-refractivity contribution in [3.8, 4) is 11.5 Å². The third-order valence-corrected chi connectivity index (χ3v) is 3.49. The first-order chi connectivity index (χ1) is 8.52. The Balaban J connectivity index is 2.24. The van der Waals surface area contributed by atoms with E-state index in [0.29, 0.717) is 19.8 Å². The molecular weight excluding hydrogens is 298 g/mol. The average molecular weight is 316 g/mol. The minimum absolute atomic E-state index is 0.0242. The number of hydrogen-bond acceptors (Lipinski definition) is 4. The normalized spacial score (nSPS) is 17.3. The van der Waals surface area contributed by atoms with Crippen LogP contribution < -0.4 is 15.0 Å². The van der Waals surface area contributed by atoms with Gasteiger partial charge in [0.05, 0.1) is 20.3 Å². The van der Waals surface area contributed by atoms with Crippen molar-refractivity contribution in [2.24, 2.45) is 5.41 Å². The van der Waals surface area contributed by atoms with Crippen molar-refractivity contribution in [2.45, 2.75) is 20.4 Å². The largest absolute Gasteiger partial charge is 0.489 e. The molecule has 1 aliphatic heterocycles. The maximum atomic E-state index is 5.82. The van der Waals surface area contributed by atoms with E-state index < -0.39 is 0 Å². The molecule has 100 valence electrons. The second-order valence-corrected chi connectivity index (χ2v) is 6.01. The zero-order valence-corrected chi connectivity index (χ0v) is 12.5. The topological polar surface area (TPSA) is 39.7 Å². The molecule has 0 atom stereocenters. The van der Waals surface area contributed by atoms with Crippen LogP contribution in [0.1, 0.15) is 19.4 Å². The maximum absolute atomic E-state index is 5.82. The molecule has 1 heterocycles. The van der Waals surface area contributed by atoms with Gasteiger partial charge in [0.15, 0.2) is 11.5 Å². The summed E-state index contributed by atoms with van der Waals surface area (Å²) in [4.78, 5) is 4.86. The van der Waals surface area contributed by atoms with Crippen molar-refractivity contribution in [1.82, 2.24) is 5.48 Å². The highest BCUT2D eigenvalue weighted by Gasteiger charge is 2.25. The second-order valence-electron chi connectivity index (χ2n) is 5.16. The Morgan fingerprint density at radius 2 is 1.89 bits per heavy atom. The van der Waals surface area contributed by atoms with Gasteiger partial charge in [-0.15, -0.1) is 0 Å². The van der Waals surface area contributed by atoms with Gasteiger partial charge in [0.25, 0.3) is 0 Å². The lowest BCUT2D eigenvalue weighted by atomic mass is 9.97. The zero-order chi connectivity index (χ0) is 13.2. The molecule has 0 radical (unpaired) electrons. The Bertz CT molecular complexity index is 434. The van der Waals surface area contributed by atoms with E-state index in [1.807, 2.05) is 12.1 Å². The highest BCUT2D eigenvalue weighted by Crippen LogP contribution is 2.37. The Hall–Kier alpha value is -0.780. The fourth-order valence-electron chi connectivity index (χ4n) is 1.68. The standard InChI is InChI=1S/C13H18BrNO3/c1-13(2)7-17-11-4-9(6-15-16-3)10(14)5-12(11)18-8-13/h4-5,15H,6-8H2,1-3H3. The molecule has 1 aromatic rings. The number of rotatable bonds is 3. The van der Waals surface area contributed by atoms with Crippen molar-refractivity contribution in [3.63, 3.8) is 0 Å².